The van der Waals surface area contributed by atoms with Crippen LogP contribution in [0.15, 0.2) is 48.5 Å². The molecule has 0 radical (unpaired) electrons. The van der Waals surface area contributed by atoms with E-state index in [9.17, 15) is 18.0 Å². The first-order valence-corrected chi connectivity index (χ1v) is 11.3. The quantitative estimate of drug-likeness (QED) is 0.569. The number of para-hydroxylation sites is 1. The third-order valence-corrected chi connectivity index (χ3v) is 8.16. The molecule has 2 aromatic carbocycles. The molecular formula is C23H20F3N3O2S. The summed E-state index contributed by atoms with van der Waals surface area (Å²) in [6, 6.07) is 14.4. The van der Waals surface area contributed by atoms with Gasteiger partial charge in [-0.2, -0.15) is 18.4 Å². The zero-order chi connectivity index (χ0) is 22.5. The largest absolute Gasteiger partial charge is 0.417 e. The molecule has 4 aliphatic rings. The van der Waals surface area contributed by atoms with E-state index < -0.39 is 11.7 Å². The molecule has 0 aromatic heterocycles. The average Bonchev–Trinajstić information content (AvgIpc) is 3.26. The fraction of sp³-hybridized carbons (Fsp3) is 0.391. The van der Waals surface area contributed by atoms with Crippen molar-refractivity contribution in [3.05, 3.63) is 59.7 Å². The number of nitrogens with zero attached hydrogens (tertiary/aromatic N) is 3. The van der Waals surface area contributed by atoms with Crippen molar-refractivity contribution in [2.75, 3.05) is 17.4 Å². The first kappa shape index (κ1) is 21.0. The van der Waals surface area contributed by atoms with Crippen LogP contribution >= 0.6 is 11.9 Å². The summed E-state index contributed by atoms with van der Waals surface area (Å²) in [6.45, 7) is 1.15. The molecule has 0 N–H and O–H groups in total. The van der Waals surface area contributed by atoms with Crippen LogP contribution in [0.2, 0.25) is 0 Å². The molecule has 3 saturated heterocycles. The maximum absolute atomic E-state index is 13.4. The van der Waals surface area contributed by atoms with Crippen LogP contribution in [0.3, 0.4) is 0 Å². The van der Waals surface area contributed by atoms with Crippen molar-refractivity contribution >= 4 is 23.7 Å². The Hall–Kier alpha value is -2.86. The number of ether oxygens (including phenoxy) is 1. The molecule has 0 spiro atoms. The van der Waals surface area contributed by atoms with Crippen LogP contribution in [0.5, 0.6) is 5.75 Å². The highest BCUT2D eigenvalue weighted by Crippen LogP contribution is 2.52. The molecule has 32 heavy (non-hydrogen) atoms. The summed E-state index contributed by atoms with van der Waals surface area (Å²) in [6.07, 6.45) is -3.10. The molecule has 1 saturated carbocycles. The van der Waals surface area contributed by atoms with Crippen molar-refractivity contribution in [1.82, 2.24) is 4.90 Å². The minimum Gasteiger partial charge on any atom is -0.410 e. The Balaban J connectivity index is 1.35. The average molecular weight is 459 g/mol. The molecule has 0 unspecified atom stereocenters. The molecule has 9 heteroatoms. The standard InChI is InChI=1S/C23H20F3N3O2S/c24-23(25,26)19-10-16(8-6-14(19)11-27)29-13-18-20-9-7-15(21(18)32-29)12-28(20)22(30)31-17-4-2-1-3-5-17/h1-6,8,10,15,18,20-21H,7,9,12-13H2/t15-,18+,20-,21-/m1/s1. The lowest BCUT2D eigenvalue weighted by Gasteiger charge is -2.50. The summed E-state index contributed by atoms with van der Waals surface area (Å²) >= 11 is 1.57. The number of carbonyl (C=O) groups excluding carboxylic acids is 1. The van der Waals surface area contributed by atoms with Gasteiger partial charge in [-0.05, 0) is 61.0 Å². The Bertz CT molecular complexity index is 1070. The number of benzene rings is 2. The molecule has 3 heterocycles. The Morgan fingerprint density at radius 3 is 2.62 bits per heavy atom. The highest BCUT2D eigenvalue weighted by molar-refractivity contribution is 8.01. The van der Waals surface area contributed by atoms with Crippen LogP contribution in [-0.4, -0.2) is 35.4 Å². The van der Waals surface area contributed by atoms with Gasteiger partial charge in [-0.25, -0.2) is 4.79 Å². The van der Waals surface area contributed by atoms with E-state index in [2.05, 4.69) is 0 Å². The maximum atomic E-state index is 13.4. The van der Waals surface area contributed by atoms with Gasteiger partial charge in [0.25, 0.3) is 0 Å². The van der Waals surface area contributed by atoms with Gasteiger partial charge in [0.1, 0.15) is 5.75 Å². The lowest BCUT2D eigenvalue weighted by atomic mass is 9.72. The van der Waals surface area contributed by atoms with E-state index in [-0.39, 0.29) is 34.8 Å². The Morgan fingerprint density at radius 2 is 1.91 bits per heavy atom. The van der Waals surface area contributed by atoms with Crippen molar-refractivity contribution < 1.29 is 22.7 Å². The molecule has 2 aromatic rings. The van der Waals surface area contributed by atoms with E-state index in [1.165, 1.54) is 6.07 Å². The van der Waals surface area contributed by atoms with Crippen LogP contribution < -0.4 is 9.04 Å². The van der Waals surface area contributed by atoms with Crippen molar-refractivity contribution in [2.45, 2.75) is 30.3 Å². The monoisotopic (exact) mass is 459 g/mol. The number of fused-ring (bicyclic) bond motifs is 2. The van der Waals surface area contributed by atoms with Gasteiger partial charge in [0.15, 0.2) is 0 Å². The molecule has 1 aliphatic carbocycles. The van der Waals surface area contributed by atoms with E-state index in [0.29, 0.717) is 24.5 Å². The minimum absolute atomic E-state index is 0.000759. The van der Waals surface area contributed by atoms with Crippen molar-refractivity contribution in [2.24, 2.45) is 11.8 Å². The van der Waals surface area contributed by atoms with Gasteiger partial charge in [0.2, 0.25) is 0 Å². The molecule has 1 amide bonds. The number of nitriles is 1. The molecule has 3 aliphatic heterocycles. The first-order valence-electron chi connectivity index (χ1n) is 10.4. The van der Waals surface area contributed by atoms with Gasteiger partial charge in [0.05, 0.1) is 17.2 Å². The molecule has 6 rings (SSSR count). The second kappa shape index (κ2) is 7.93. The lowest BCUT2D eigenvalue weighted by Crippen LogP contribution is -2.60. The Labute approximate surface area is 187 Å². The van der Waals surface area contributed by atoms with E-state index in [1.807, 2.05) is 10.4 Å². The third kappa shape index (κ3) is 3.66. The van der Waals surface area contributed by atoms with Crippen LogP contribution in [-0.2, 0) is 6.18 Å². The highest BCUT2D eigenvalue weighted by Gasteiger charge is 2.54. The highest BCUT2D eigenvalue weighted by atomic mass is 32.2. The first-order chi connectivity index (χ1) is 15.3. The summed E-state index contributed by atoms with van der Waals surface area (Å²) < 4.78 is 47.7. The maximum Gasteiger partial charge on any atom is 0.417 e. The summed E-state index contributed by atoms with van der Waals surface area (Å²) in [5.41, 5.74) is -0.852. The fourth-order valence-electron chi connectivity index (χ4n) is 5.12. The second-order valence-electron chi connectivity index (χ2n) is 8.37. The molecular weight excluding hydrogens is 439 g/mol. The fourth-order valence-corrected chi connectivity index (χ4v) is 6.72. The normalized spacial score (nSPS) is 26.6. The van der Waals surface area contributed by atoms with Crippen LogP contribution in [0.4, 0.5) is 23.7 Å². The van der Waals surface area contributed by atoms with Crippen LogP contribution in [0.25, 0.3) is 0 Å². The molecule has 2 bridgehead atoms. The molecule has 166 valence electrons. The number of amides is 1. The number of rotatable bonds is 2. The van der Waals surface area contributed by atoms with Gasteiger partial charge in [-0.1, -0.05) is 18.2 Å². The molecule has 4 atom stereocenters. The van der Waals surface area contributed by atoms with Gasteiger partial charge in [-0.15, -0.1) is 0 Å². The summed E-state index contributed by atoms with van der Waals surface area (Å²) in [7, 11) is 0. The van der Waals surface area contributed by atoms with Crippen LogP contribution in [0, 0.1) is 23.2 Å². The van der Waals surface area contributed by atoms with E-state index in [4.69, 9.17) is 10.00 Å². The summed E-state index contributed by atoms with van der Waals surface area (Å²) in [5, 5.41) is 9.30. The Kier molecular flexibility index (Phi) is 5.20. The van der Waals surface area contributed by atoms with Gasteiger partial charge < -0.3 is 13.9 Å². The predicted molar refractivity (Wildman–Crippen MR) is 114 cm³/mol. The number of hydrogen-bond acceptors (Lipinski definition) is 5. The number of anilines is 1. The van der Waals surface area contributed by atoms with E-state index in [0.717, 1.165) is 18.9 Å². The number of piperidine rings is 2. The number of halogens is 3. The van der Waals surface area contributed by atoms with E-state index in [1.54, 1.807) is 53.2 Å². The number of hydrogen-bond donors (Lipinski definition) is 0. The lowest BCUT2D eigenvalue weighted by molar-refractivity contribution is -0.137. The van der Waals surface area contributed by atoms with Gasteiger partial charge >= 0.3 is 12.3 Å². The number of alkyl halides is 3. The molecule has 4 fully saturated rings. The van der Waals surface area contributed by atoms with Crippen molar-refractivity contribution in [1.29, 1.82) is 5.26 Å². The topological polar surface area (TPSA) is 56.6 Å². The predicted octanol–water partition coefficient (Wildman–Crippen LogP) is 5.32. The van der Waals surface area contributed by atoms with Gasteiger partial charge in [0, 0.05) is 36.0 Å². The summed E-state index contributed by atoms with van der Waals surface area (Å²) in [4.78, 5) is 14.6. The van der Waals surface area contributed by atoms with Gasteiger partial charge in [-0.3, -0.25) is 0 Å². The number of carbonyl (C=O) groups is 1. The summed E-state index contributed by atoms with van der Waals surface area (Å²) in [5.74, 6) is 0.916. The van der Waals surface area contributed by atoms with Crippen LogP contribution in [0.1, 0.15) is 24.0 Å². The molecule has 5 nitrogen and oxygen atoms in total. The zero-order valence-electron chi connectivity index (χ0n) is 17.0. The second-order valence-corrected chi connectivity index (χ2v) is 9.57. The SMILES string of the molecule is N#Cc1ccc(N2C[C@@H]3[C@H](S2)[C@@H]2CC[C@H]3N(C(=O)Oc3ccccc3)C2)cc1C(F)(F)F. The third-order valence-electron chi connectivity index (χ3n) is 6.57. The van der Waals surface area contributed by atoms with E-state index >= 15 is 0 Å². The minimum atomic E-state index is -4.59. The zero-order valence-corrected chi connectivity index (χ0v) is 17.8. The van der Waals surface area contributed by atoms with Crippen molar-refractivity contribution in [3.63, 3.8) is 0 Å². The Morgan fingerprint density at radius 1 is 1.12 bits per heavy atom. The van der Waals surface area contributed by atoms with Crippen molar-refractivity contribution in [3.8, 4) is 11.8 Å². The smallest absolute Gasteiger partial charge is 0.410 e.